The first-order valence-corrected chi connectivity index (χ1v) is 5.06. The molecule has 1 heterocycles. The number of likely N-dealkylation sites (N-methyl/N-ethyl adjacent to an activating group) is 1. The molecule has 0 bridgehead atoms. The Balaban J connectivity index is 2.46. The molecule has 2 rings (SSSR count). The highest BCUT2D eigenvalue weighted by Gasteiger charge is 2.30. The molecule has 0 aliphatic carbocycles. The second-order valence-electron chi connectivity index (χ2n) is 3.83. The van der Waals surface area contributed by atoms with Crippen LogP contribution in [0.3, 0.4) is 0 Å². The minimum atomic E-state index is -0.417. The number of amides is 1. The number of methoxy groups -OCH3 is 1. The van der Waals surface area contributed by atoms with Gasteiger partial charge in [-0.1, -0.05) is 12.1 Å². The summed E-state index contributed by atoms with van der Waals surface area (Å²) in [7, 11) is 3.22. The van der Waals surface area contributed by atoms with Gasteiger partial charge >= 0.3 is 0 Å². The molecule has 0 saturated heterocycles. The maximum Gasteiger partial charge on any atom is 0.256 e. The van der Waals surface area contributed by atoms with E-state index in [9.17, 15) is 9.59 Å². The number of aldehydes is 1. The zero-order valence-corrected chi connectivity index (χ0v) is 9.27. The number of ether oxygens (including phenoxy) is 1. The number of nitrogens with zero attached hydrogens (tertiary/aromatic N) is 1. The number of carbonyl (C=O) groups excluding carboxylic acids is 2. The number of anilines is 1. The zero-order chi connectivity index (χ0) is 11.7. The molecule has 16 heavy (non-hydrogen) atoms. The Morgan fingerprint density at radius 1 is 1.50 bits per heavy atom. The van der Waals surface area contributed by atoms with Crippen LogP contribution in [0.1, 0.15) is 15.9 Å². The van der Waals surface area contributed by atoms with Gasteiger partial charge in [-0.25, -0.2) is 0 Å². The van der Waals surface area contributed by atoms with Gasteiger partial charge in [0.05, 0.1) is 0 Å². The first-order valence-electron chi connectivity index (χ1n) is 5.06. The molecule has 4 heteroatoms. The zero-order valence-electron chi connectivity index (χ0n) is 9.27. The van der Waals surface area contributed by atoms with Gasteiger partial charge < -0.3 is 9.64 Å². The average molecular weight is 219 g/mol. The molecular weight excluding hydrogens is 206 g/mol. The predicted molar refractivity (Wildman–Crippen MR) is 59.7 cm³/mol. The number of hydrogen-bond acceptors (Lipinski definition) is 3. The Bertz CT molecular complexity index is 442. The van der Waals surface area contributed by atoms with Crippen molar-refractivity contribution in [3.05, 3.63) is 29.3 Å². The van der Waals surface area contributed by atoms with Crippen LogP contribution in [-0.2, 0) is 16.0 Å². The van der Waals surface area contributed by atoms with Crippen molar-refractivity contribution in [1.82, 2.24) is 0 Å². The summed E-state index contributed by atoms with van der Waals surface area (Å²) in [5, 5.41) is 0. The summed E-state index contributed by atoms with van der Waals surface area (Å²) >= 11 is 0. The first-order chi connectivity index (χ1) is 7.67. The van der Waals surface area contributed by atoms with Crippen LogP contribution in [0.5, 0.6) is 0 Å². The molecule has 1 aromatic rings. The molecule has 4 nitrogen and oxygen atoms in total. The van der Waals surface area contributed by atoms with Gasteiger partial charge in [0, 0.05) is 31.8 Å². The first kappa shape index (κ1) is 10.8. The van der Waals surface area contributed by atoms with E-state index < -0.39 is 6.10 Å². The van der Waals surface area contributed by atoms with Gasteiger partial charge in [-0.05, 0) is 11.6 Å². The summed E-state index contributed by atoms with van der Waals surface area (Å²) in [4.78, 5) is 24.0. The Kier molecular flexibility index (Phi) is 2.75. The van der Waals surface area contributed by atoms with Crippen LogP contribution in [0, 0.1) is 0 Å². The van der Waals surface area contributed by atoms with Crippen LogP contribution >= 0.6 is 0 Å². The Hall–Kier alpha value is -1.68. The van der Waals surface area contributed by atoms with Crippen LogP contribution in [0.4, 0.5) is 5.69 Å². The molecule has 0 radical (unpaired) electrons. The van der Waals surface area contributed by atoms with Gasteiger partial charge in [-0.3, -0.25) is 9.59 Å². The Morgan fingerprint density at radius 2 is 2.25 bits per heavy atom. The lowest BCUT2D eigenvalue weighted by molar-refractivity contribution is -0.128. The minimum Gasteiger partial charge on any atom is -0.371 e. The molecule has 0 spiro atoms. The molecule has 1 atom stereocenters. The standard InChI is InChI=1S/C12H13NO3/c1-13-10-5-8(7-14)3-4-9(10)6-11(16-2)12(13)15/h3-5,7,11H,6H2,1-2H3. The average Bonchev–Trinajstić information content (AvgIpc) is 2.33. The number of hydrogen-bond donors (Lipinski definition) is 0. The number of carbonyl (C=O) groups is 2. The van der Waals surface area contributed by atoms with Crippen LogP contribution in [0.25, 0.3) is 0 Å². The SMILES string of the molecule is COC1Cc2ccc(C=O)cc2N(C)C1=O. The summed E-state index contributed by atoms with van der Waals surface area (Å²) in [6.45, 7) is 0. The molecule has 1 aromatic carbocycles. The van der Waals surface area contributed by atoms with Crippen LogP contribution in [0.15, 0.2) is 18.2 Å². The van der Waals surface area contributed by atoms with Crippen molar-refractivity contribution < 1.29 is 14.3 Å². The van der Waals surface area contributed by atoms with E-state index in [0.717, 1.165) is 17.5 Å². The highest BCUT2D eigenvalue weighted by atomic mass is 16.5. The lowest BCUT2D eigenvalue weighted by atomic mass is 9.98. The molecule has 1 amide bonds. The highest BCUT2D eigenvalue weighted by Crippen LogP contribution is 2.28. The molecule has 1 unspecified atom stereocenters. The minimum absolute atomic E-state index is 0.0713. The summed E-state index contributed by atoms with van der Waals surface area (Å²) in [5.74, 6) is -0.0713. The summed E-state index contributed by atoms with van der Waals surface area (Å²) in [5.41, 5.74) is 2.40. The van der Waals surface area contributed by atoms with Crippen molar-refractivity contribution in [2.24, 2.45) is 0 Å². The number of fused-ring (bicyclic) bond motifs is 1. The van der Waals surface area contributed by atoms with E-state index in [1.54, 1.807) is 24.1 Å². The second-order valence-corrected chi connectivity index (χ2v) is 3.83. The fourth-order valence-electron chi connectivity index (χ4n) is 1.94. The van der Waals surface area contributed by atoms with E-state index in [1.165, 1.54) is 7.11 Å². The van der Waals surface area contributed by atoms with E-state index in [2.05, 4.69) is 0 Å². The van der Waals surface area contributed by atoms with Crippen molar-refractivity contribution >= 4 is 17.9 Å². The van der Waals surface area contributed by atoms with Gasteiger partial charge in [-0.15, -0.1) is 0 Å². The van der Waals surface area contributed by atoms with Crippen LogP contribution in [-0.4, -0.2) is 32.5 Å². The highest BCUT2D eigenvalue weighted by molar-refractivity contribution is 6.00. The predicted octanol–water partition coefficient (Wildman–Crippen LogP) is 1.03. The molecular formula is C12H13NO3. The second kappa shape index (κ2) is 4.06. The lowest BCUT2D eigenvalue weighted by Crippen LogP contribution is -2.43. The van der Waals surface area contributed by atoms with E-state index >= 15 is 0 Å². The van der Waals surface area contributed by atoms with Crippen molar-refractivity contribution in [3.8, 4) is 0 Å². The normalized spacial score (nSPS) is 19.5. The molecule has 0 N–H and O–H groups in total. The maximum atomic E-state index is 11.8. The van der Waals surface area contributed by atoms with Crippen LogP contribution in [0.2, 0.25) is 0 Å². The maximum absolute atomic E-state index is 11.8. The van der Waals surface area contributed by atoms with Gasteiger partial charge in [0.1, 0.15) is 12.4 Å². The van der Waals surface area contributed by atoms with Crippen molar-refractivity contribution in [2.75, 3.05) is 19.1 Å². The molecule has 1 aliphatic heterocycles. The van der Waals surface area contributed by atoms with Gasteiger partial charge in [-0.2, -0.15) is 0 Å². The quantitative estimate of drug-likeness (QED) is 0.698. The smallest absolute Gasteiger partial charge is 0.256 e. The summed E-state index contributed by atoms with van der Waals surface area (Å²) in [6.07, 6.45) is 0.925. The number of benzene rings is 1. The van der Waals surface area contributed by atoms with E-state index in [1.807, 2.05) is 6.07 Å². The van der Waals surface area contributed by atoms with E-state index in [0.29, 0.717) is 12.0 Å². The van der Waals surface area contributed by atoms with Gasteiger partial charge in [0.15, 0.2) is 0 Å². The fraction of sp³-hybridized carbons (Fsp3) is 0.333. The molecule has 0 fully saturated rings. The Morgan fingerprint density at radius 3 is 2.88 bits per heavy atom. The molecule has 1 aliphatic rings. The monoisotopic (exact) mass is 219 g/mol. The van der Waals surface area contributed by atoms with Gasteiger partial charge in [0.25, 0.3) is 5.91 Å². The summed E-state index contributed by atoms with van der Waals surface area (Å²) in [6, 6.07) is 5.35. The topological polar surface area (TPSA) is 46.6 Å². The van der Waals surface area contributed by atoms with Crippen molar-refractivity contribution in [2.45, 2.75) is 12.5 Å². The molecule has 84 valence electrons. The van der Waals surface area contributed by atoms with E-state index in [4.69, 9.17) is 4.74 Å². The third-order valence-electron chi connectivity index (χ3n) is 2.90. The molecule has 0 saturated carbocycles. The third-order valence-corrected chi connectivity index (χ3v) is 2.90. The third kappa shape index (κ3) is 1.61. The largest absolute Gasteiger partial charge is 0.371 e. The summed E-state index contributed by atoms with van der Waals surface area (Å²) < 4.78 is 5.13. The van der Waals surface area contributed by atoms with Crippen LogP contribution < -0.4 is 4.90 Å². The molecule has 0 aromatic heterocycles. The van der Waals surface area contributed by atoms with E-state index in [-0.39, 0.29) is 5.91 Å². The van der Waals surface area contributed by atoms with Crippen molar-refractivity contribution in [3.63, 3.8) is 0 Å². The fourth-order valence-corrected chi connectivity index (χ4v) is 1.94. The number of rotatable bonds is 2. The lowest BCUT2D eigenvalue weighted by Gasteiger charge is -2.30. The Labute approximate surface area is 93.8 Å². The van der Waals surface area contributed by atoms with Crippen molar-refractivity contribution in [1.29, 1.82) is 0 Å². The van der Waals surface area contributed by atoms with Gasteiger partial charge in [0.2, 0.25) is 0 Å².